The fourth-order valence-corrected chi connectivity index (χ4v) is 3.25. The van der Waals surface area contributed by atoms with Crippen molar-refractivity contribution in [3.63, 3.8) is 0 Å². The fourth-order valence-electron chi connectivity index (χ4n) is 2.47. The summed E-state index contributed by atoms with van der Waals surface area (Å²) in [4.78, 5) is 4.50. The van der Waals surface area contributed by atoms with Gasteiger partial charge in [0.25, 0.3) is 0 Å². The maximum absolute atomic E-state index is 12.1. The highest BCUT2D eigenvalue weighted by Crippen LogP contribution is 2.22. The number of benzene rings is 1. The van der Waals surface area contributed by atoms with Gasteiger partial charge in [-0.2, -0.15) is 24.5 Å². The van der Waals surface area contributed by atoms with Crippen molar-refractivity contribution in [2.45, 2.75) is 38.8 Å². The van der Waals surface area contributed by atoms with Crippen LogP contribution < -0.4 is 10.6 Å². The van der Waals surface area contributed by atoms with Gasteiger partial charge in [-0.3, -0.25) is 0 Å². The van der Waals surface area contributed by atoms with Crippen LogP contribution in [0, 0.1) is 0 Å². The molecule has 1 heterocycles. The molecule has 1 unspecified atom stereocenters. The largest absolute Gasteiger partial charge is 0.411 e. The summed E-state index contributed by atoms with van der Waals surface area (Å²) in [5.74, 6) is 0.570. The molecule has 0 aliphatic rings. The van der Waals surface area contributed by atoms with Gasteiger partial charge >= 0.3 is 6.18 Å². The Hall–Kier alpha value is -2.10. The van der Waals surface area contributed by atoms with Crippen molar-refractivity contribution < 1.29 is 23.0 Å². The molecule has 0 fully saturated rings. The first-order valence-corrected chi connectivity index (χ1v) is 10.1. The van der Waals surface area contributed by atoms with E-state index in [4.69, 9.17) is 0 Å². The zero-order valence-electron chi connectivity index (χ0n) is 16.4. The van der Waals surface area contributed by atoms with E-state index in [0.29, 0.717) is 31.2 Å². The summed E-state index contributed by atoms with van der Waals surface area (Å²) < 4.78 is 41.0. The zero-order valence-corrected chi connectivity index (χ0v) is 17.2. The van der Waals surface area contributed by atoms with Crippen LogP contribution in [0.4, 0.5) is 13.2 Å². The summed E-state index contributed by atoms with van der Waals surface area (Å²) in [7, 11) is 0. The van der Waals surface area contributed by atoms with Crippen LogP contribution in [0.2, 0.25) is 0 Å². The number of hydrogen-bond acceptors (Lipinski definition) is 4. The smallest absolute Gasteiger partial charge is 0.384 e. The third-order valence-corrected chi connectivity index (χ3v) is 4.75. The average molecular weight is 430 g/mol. The number of aliphatic imine (C=N–C) groups is 1. The number of alkyl halides is 3. The summed E-state index contributed by atoms with van der Waals surface area (Å²) in [6.07, 6.45) is -4.32. The van der Waals surface area contributed by atoms with Gasteiger partial charge in [-0.05, 0) is 47.4 Å². The van der Waals surface area contributed by atoms with Gasteiger partial charge in [0.1, 0.15) is 12.2 Å². The first kappa shape index (κ1) is 23.2. The number of halogens is 3. The first-order valence-electron chi connectivity index (χ1n) is 9.19. The Kier molecular flexibility index (Phi) is 8.48. The summed E-state index contributed by atoms with van der Waals surface area (Å²) in [6.45, 7) is 3.69. The van der Waals surface area contributed by atoms with Crippen molar-refractivity contribution in [3.05, 3.63) is 57.8 Å². The van der Waals surface area contributed by atoms with Gasteiger partial charge in [-0.15, -0.1) is 0 Å². The molecule has 0 saturated heterocycles. The molecule has 1 atom stereocenters. The maximum atomic E-state index is 12.1. The molecular formula is C20H26F3N3O2S. The normalized spacial score (nSPS) is 14.5. The number of aliphatic hydroxyl groups is 1. The van der Waals surface area contributed by atoms with Gasteiger partial charge < -0.3 is 20.5 Å². The fraction of sp³-hybridized carbons (Fsp3) is 0.450. The maximum Gasteiger partial charge on any atom is 0.411 e. The summed E-state index contributed by atoms with van der Waals surface area (Å²) in [6, 6.07) is 8.95. The van der Waals surface area contributed by atoms with E-state index in [-0.39, 0.29) is 6.61 Å². The number of nitrogens with one attached hydrogen (secondary N) is 2. The van der Waals surface area contributed by atoms with Crippen LogP contribution in [0.1, 0.15) is 30.5 Å². The minimum Gasteiger partial charge on any atom is -0.384 e. The number of guanidine groups is 1. The Morgan fingerprint density at radius 1 is 1.14 bits per heavy atom. The highest BCUT2D eigenvalue weighted by molar-refractivity contribution is 7.08. The second kappa shape index (κ2) is 10.6. The minimum absolute atomic E-state index is 0.0923. The van der Waals surface area contributed by atoms with E-state index in [1.165, 1.54) is 11.3 Å². The molecule has 3 N–H and O–H groups in total. The molecule has 29 heavy (non-hydrogen) atoms. The predicted octanol–water partition coefficient (Wildman–Crippen LogP) is 3.79. The lowest BCUT2D eigenvalue weighted by molar-refractivity contribution is -0.176. The van der Waals surface area contributed by atoms with Gasteiger partial charge in [0.05, 0.1) is 19.7 Å². The van der Waals surface area contributed by atoms with Crippen molar-refractivity contribution in [2.24, 2.45) is 4.99 Å². The number of nitrogens with zero attached hydrogens (tertiary/aromatic N) is 1. The topological polar surface area (TPSA) is 65.9 Å². The van der Waals surface area contributed by atoms with Crippen LogP contribution in [-0.4, -0.2) is 36.9 Å². The number of thiophene rings is 1. The van der Waals surface area contributed by atoms with Gasteiger partial charge in [0.2, 0.25) is 0 Å². The van der Waals surface area contributed by atoms with Crippen LogP contribution in [0.5, 0.6) is 0 Å². The molecule has 0 saturated carbocycles. The first-order chi connectivity index (χ1) is 13.7. The van der Waals surface area contributed by atoms with E-state index in [2.05, 4.69) is 20.4 Å². The van der Waals surface area contributed by atoms with Gasteiger partial charge in [-0.25, -0.2) is 4.99 Å². The quantitative estimate of drug-likeness (QED) is 0.419. The Balaban J connectivity index is 1.89. The molecule has 0 radical (unpaired) electrons. The summed E-state index contributed by atoms with van der Waals surface area (Å²) in [5.41, 5.74) is 1.40. The van der Waals surface area contributed by atoms with E-state index in [0.717, 1.165) is 11.1 Å². The average Bonchev–Trinajstić information content (AvgIpc) is 3.20. The standard InChI is InChI=1S/C20H26F3N3O2S/c1-3-24-18(26-13-19(2,27)17-8-9-29-12-17)25-10-15-4-6-16(7-5-15)11-28-14-20(21,22)23/h4-9,12,27H,3,10-11,13-14H2,1-2H3,(H2,24,25,26). The van der Waals surface area contributed by atoms with E-state index >= 15 is 0 Å². The highest BCUT2D eigenvalue weighted by Gasteiger charge is 2.27. The Labute approximate surface area is 172 Å². The van der Waals surface area contributed by atoms with Crippen molar-refractivity contribution in [2.75, 3.05) is 19.7 Å². The summed E-state index contributed by atoms with van der Waals surface area (Å²) in [5, 5.41) is 20.7. The van der Waals surface area contributed by atoms with Crippen molar-refractivity contribution in [1.82, 2.24) is 10.6 Å². The highest BCUT2D eigenvalue weighted by atomic mass is 32.1. The van der Waals surface area contributed by atoms with Crippen LogP contribution in [0.3, 0.4) is 0 Å². The Bertz CT molecular complexity index is 760. The van der Waals surface area contributed by atoms with E-state index in [1.54, 1.807) is 31.2 Å². The van der Waals surface area contributed by atoms with Crippen molar-refractivity contribution >= 4 is 17.3 Å². The number of rotatable bonds is 9. The zero-order chi connectivity index (χ0) is 21.3. The lowest BCUT2D eigenvalue weighted by Crippen LogP contribution is -2.44. The van der Waals surface area contributed by atoms with Crippen LogP contribution >= 0.6 is 11.3 Å². The second-order valence-electron chi connectivity index (χ2n) is 6.76. The van der Waals surface area contributed by atoms with E-state index < -0.39 is 18.4 Å². The molecule has 9 heteroatoms. The lowest BCUT2D eigenvalue weighted by Gasteiger charge is -2.24. The van der Waals surface area contributed by atoms with Gasteiger partial charge in [-0.1, -0.05) is 24.3 Å². The van der Waals surface area contributed by atoms with Crippen LogP contribution in [-0.2, 0) is 23.5 Å². The minimum atomic E-state index is -4.32. The predicted molar refractivity (Wildman–Crippen MR) is 109 cm³/mol. The molecule has 0 aliphatic heterocycles. The van der Waals surface area contributed by atoms with Gasteiger partial charge in [0.15, 0.2) is 5.96 Å². The molecule has 0 amide bonds. The van der Waals surface area contributed by atoms with Crippen LogP contribution in [0.25, 0.3) is 0 Å². The molecule has 0 aliphatic carbocycles. The van der Waals surface area contributed by atoms with Gasteiger partial charge in [0, 0.05) is 6.54 Å². The molecule has 2 aromatic rings. The third kappa shape index (κ3) is 8.43. The molecule has 160 valence electrons. The van der Waals surface area contributed by atoms with Crippen LogP contribution in [0.15, 0.2) is 46.1 Å². The molecular weight excluding hydrogens is 403 g/mol. The molecule has 1 aromatic heterocycles. The summed E-state index contributed by atoms with van der Waals surface area (Å²) >= 11 is 1.53. The van der Waals surface area contributed by atoms with E-state index in [9.17, 15) is 18.3 Å². The number of ether oxygens (including phenoxy) is 1. The lowest BCUT2D eigenvalue weighted by atomic mass is 9.99. The molecule has 2 rings (SSSR count). The second-order valence-corrected chi connectivity index (χ2v) is 7.54. The molecule has 0 bridgehead atoms. The molecule has 5 nitrogen and oxygen atoms in total. The monoisotopic (exact) mass is 429 g/mol. The van der Waals surface area contributed by atoms with E-state index in [1.807, 2.05) is 23.8 Å². The molecule has 0 spiro atoms. The molecule has 1 aromatic carbocycles. The third-order valence-electron chi connectivity index (χ3n) is 4.06. The Morgan fingerprint density at radius 2 is 1.83 bits per heavy atom. The number of hydrogen-bond donors (Lipinski definition) is 3. The Morgan fingerprint density at radius 3 is 2.41 bits per heavy atom. The van der Waals surface area contributed by atoms with Crippen molar-refractivity contribution in [3.8, 4) is 0 Å². The SMILES string of the molecule is CCNC(=NCc1ccc(COCC(F)(F)F)cc1)NCC(C)(O)c1ccsc1. The van der Waals surface area contributed by atoms with Crippen molar-refractivity contribution in [1.29, 1.82) is 0 Å².